The quantitative estimate of drug-likeness (QED) is 0.786. The molecule has 0 aromatic heterocycles. The predicted molar refractivity (Wildman–Crippen MR) is 62.1 cm³/mol. The van der Waals surface area contributed by atoms with Gasteiger partial charge in [0.15, 0.2) is 6.10 Å². The minimum Gasteiger partial charge on any atom is -0.359 e. The summed E-state index contributed by atoms with van der Waals surface area (Å²) in [5.74, 6) is -0.00449. The fourth-order valence-electron chi connectivity index (χ4n) is 1.86. The van der Waals surface area contributed by atoms with Gasteiger partial charge in [0.2, 0.25) is 0 Å². The lowest BCUT2D eigenvalue weighted by Crippen LogP contribution is -2.28. The molecule has 0 radical (unpaired) electrons. The fraction of sp³-hybridized carbons (Fsp3) is 0.462. The van der Waals surface area contributed by atoms with Crippen molar-refractivity contribution in [1.82, 2.24) is 5.32 Å². The van der Waals surface area contributed by atoms with Gasteiger partial charge in [0.25, 0.3) is 5.91 Å². The van der Waals surface area contributed by atoms with Crippen LogP contribution in [-0.2, 0) is 16.1 Å². The lowest BCUT2D eigenvalue weighted by molar-refractivity contribution is -0.122. The van der Waals surface area contributed by atoms with Gasteiger partial charge in [0.05, 0.1) is 6.10 Å². The molecule has 3 nitrogen and oxygen atoms in total. The Labute approximate surface area is 95.8 Å². The highest BCUT2D eigenvalue weighted by molar-refractivity contribution is 5.83. The van der Waals surface area contributed by atoms with Gasteiger partial charge in [-0.15, -0.1) is 0 Å². The first-order valence-electron chi connectivity index (χ1n) is 5.58. The van der Waals surface area contributed by atoms with Gasteiger partial charge in [-0.05, 0) is 37.5 Å². The summed E-state index contributed by atoms with van der Waals surface area (Å²) in [6.07, 6.45) is -0.151. The molecule has 3 heteroatoms. The smallest absolute Gasteiger partial charge is 0.252 e. The van der Waals surface area contributed by atoms with Crippen LogP contribution in [0.2, 0.25) is 0 Å². The Morgan fingerprint density at radius 3 is 2.44 bits per heavy atom. The van der Waals surface area contributed by atoms with Crippen LogP contribution in [0.1, 0.15) is 23.6 Å². The van der Waals surface area contributed by atoms with Crippen LogP contribution in [0.4, 0.5) is 0 Å². The maximum Gasteiger partial charge on any atom is 0.252 e. The third-order valence-electron chi connectivity index (χ3n) is 3.05. The molecule has 0 unspecified atom stereocenters. The van der Waals surface area contributed by atoms with Crippen LogP contribution in [0.3, 0.4) is 0 Å². The fourth-order valence-corrected chi connectivity index (χ4v) is 1.86. The Kier molecular flexibility index (Phi) is 2.97. The average Bonchev–Trinajstić information content (AvgIpc) is 2.94. The maximum atomic E-state index is 11.6. The van der Waals surface area contributed by atoms with E-state index < -0.39 is 0 Å². The van der Waals surface area contributed by atoms with Gasteiger partial charge in [-0.1, -0.05) is 18.2 Å². The lowest BCUT2D eigenvalue weighted by atomic mass is 10.0. The van der Waals surface area contributed by atoms with E-state index in [-0.39, 0.29) is 18.1 Å². The van der Waals surface area contributed by atoms with Crippen molar-refractivity contribution in [2.45, 2.75) is 39.5 Å². The molecular weight excluding hydrogens is 202 g/mol. The average molecular weight is 219 g/mol. The van der Waals surface area contributed by atoms with E-state index in [1.54, 1.807) is 0 Å². The highest BCUT2D eigenvalue weighted by Gasteiger charge is 2.40. The number of carbonyl (C=O) groups excluding carboxylic acids is 1. The monoisotopic (exact) mass is 219 g/mol. The number of carbonyl (C=O) groups is 1. The van der Waals surface area contributed by atoms with Crippen LogP contribution < -0.4 is 5.32 Å². The van der Waals surface area contributed by atoms with Gasteiger partial charge in [0, 0.05) is 6.54 Å². The third-order valence-corrected chi connectivity index (χ3v) is 3.05. The van der Waals surface area contributed by atoms with Gasteiger partial charge in [-0.25, -0.2) is 0 Å². The zero-order valence-corrected chi connectivity index (χ0v) is 9.91. The lowest BCUT2D eigenvalue weighted by Gasteiger charge is -2.10. The molecular formula is C13H17NO2. The van der Waals surface area contributed by atoms with E-state index in [0.29, 0.717) is 6.54 Å². The summed E-state index contributed by atoms with van der Waals surface area (Å²) in [6.45, 7) is 6.61. The van der Waals surface area contributed by atoms with E-state index in [9.17, 15) is 4.79 Å². The second-order valence-corrected chi connectivity index (χ2v) is 4.35. The van der Waals surface area contributed by atoms with E-state index in [1.807, 2.05) is 13.0 Å². The van der Waals surface area contributed by atoms with Crippen molar-refractivity contribution in [3.63, 3.8) is 0 Å². The van der Waals surface area contributed by atoms with Gasteiger partial charge < -0.3 is 10.1 Å². The summed E-state index contributed by atoms with van der Waals surface area (Å²) < 4.78 is 5.12. The second-order valence-electron chi connectivity index (χ2n) is 4.35. The van der Waals surface area contributed by atoms with E-state index in [1.165, 1.54) is 16.7 Å². The standard InChI is InChI=1S/C13H17NO2/c1-8-5-4-6-9(2)11(8)7-14-13(15)12-10(3)16-12/h4-6,10,12H,7H2,1-3H3,(H,14,15)/t10-,12+/m0/s1. The van der Waals surface area contributed by atoms with Crippen molar-refractivity contribution < 1.29 is 9.53 Å². The highest BCUT2D eigenvalue weighted by atomic mass is 16.6. The number of amides is 1. The summed E-state index contributed by atoms with van der Waals surface area (Å²) in [7, 11) is 0. The van der Waals surface area contributed by atoms with Crippen LogP contribution in [0.25, 0.3) is 0 Å². The van der Waals surface area contributed by atoms with Crippen LogP contribution in [0.15, 0.2) is 18.2 Å². The maximum absolute atomic E-state index is 11.6. The number of benzene rings is 1. The number of rotatable bonds is 3. The van der Waals surface area contributed by atoms with Crippen LogP contribution >= 0.6 is 0 Å². The van der Waals surface area contributed by atoms with Crippen molar-refractivity contribution in [2.24, 2.45) is 0 Å². The van der Waals surface area contributed by atoms with E-state index in [2.05, 4.69) is 31.3 Å². The molecule has 0 saturated carbocycles. The van der Waals surface area contributed by atoms with E-state index in [0.717, 1.165) is 0 Å². The van der Waals surface area contributed by atoms with Crippen LogP contribution in [0.5, 0.6) is 0 Å². The van der Waals surface area contributed by atoms with Crippen LogP contribution in [0, 0.1) is 13.8 Å². The summed E-state index contributed by atoms with van der Waals surface area (Å²) >= 11 is 0. The number of epoxide rings is 1. The second kappa shape index (κ2) is 4.26. The highest BCUT2D eigenvalue weighted by Crippen LogP contribution is 2.21. The van der Waals surface area contributed by atoms with Crippen molar-refractivity contribution >= 4 is 5.91 Å². The Balaban J connectivity index is 1.97. The number of hydrogen-bond donors (Lipinski definition) is 1. The topological polar surface area (TPSA) is 41.6 Å². The van der Waals surface area contributed by atoms with Gasteiger partial charge >= 0.3 is 0 Å². The Morgan fingerprint density at radius 2 is 1.94 bits per heavy atom. The van der Waals surface area contributed by atoms with Crippen molar-refractivity contribution in [2.75, 3.05) is 0 Å². The molecule has 86 valence electrons. The summed E-state index contributed by atoms with van der Waals surface area (Å²) in [4.78, 5) is 11.6. The molecule has 1 aromatic carbocycles. The minimum absolute atomic E-state index is 0.00449. The molecule has 1 fully saturated rings. The molecule has 0 bridgehead atoms. The van der Waals surface area contributed by atoms with E-state index >= 15 is 0 Å². The van der Waals surface area contributed by atoms with Gasteiger partial charge in [0.1, 0.15) is 0 Å². The number of hydrogen-bond acceptors (Lipinski definition) is 2. The van der Waals surface area contributed by atoms with Crippen molar-refractivity contribution in [3.8, 4) is 0 Å². The molecule has 1 amide bonds. The van der Waals surface area contributed by atoms with Gasteiger partial charge in [-0.3, -0.25) is 4.79 Å². The zero-order valence-electron chi connectivity index (χ0n) is 9.91. The zero-order chi connectivity index (χ0) is 11.7. The summed E-state index contributed by atoms with van der Waals surface area (Å²) in [5.41, 5.74) is 3.62. The molecule has 2 atom stereocenters. The molecule has 1 aliphatic heterocycles. The number of nitrogens with one attached hydrogen (secondary N) is 1. The molecule has 0 spiro atoms. The van der Waals surface area contributed by atoms with Crippen molar-refractivity contribution in [1.29, 1.82) is 0 Å². The summed E-state index contributed by atoms with van der Waals surface area (Å²) in [5, 5.41) is 2.91. The van der Waals surface area contributed by atoms with Crippen LogP contribution in [-0.4, -0.2) is 18.1 Å². The largest absolute Gasteiger partial charge is 0.359 e. The molecule has 1 heterocycles. The van der Waals surface area contributed by atoms with Crippen molar-refractivity contribution in [3.05, 3.63) is 34.9 Å². The number of ether oxygens (including phenoxy) is 1. The number of aryl methyl sites for hydroxylation is 2. The molecule has 0 aliphatic carbocycles. The van der Waals surface area contributed by atoms with E-state index in [4.69, 9.17) is 4.74 Å². The predicted octanol–water partition coefficient (Wildman–Crippen LogP) is 1.71. The SMILES string of the molecule is Cc1cccc(C)c1CNC(=O)[C@@H]1O[C@H]1C. The van der Waals surface area contributed by atoms with Gasteiger partial charge in [-0.2, -0.15) is 0 Å². The molecule has 1 saturated heterocycles. The minimum atomic E-state index is -0.232. The normalized spacial score (nSPS) is 22.9. The molecule has 2 rings (SSSR count). The Bertz CT molecular complexity index is 394. The molecule has 1 aliphatic rings. The molecule has 16 heavy (non-hydrogen) atoms. The molecule has 1 aromatic rings. The Morgan fingerprint density at radius 1 is 1.38 bits per heavy atom. The summed E-state index contributed by atoms with van der Waals surface area (Å²) in [6, 6.07) is 6.15. The third kappa shape index (κ3) is 2.25. The first kappa shape index (κ1) is 11.1. The molecule has 1 N–H and O–H groups in total. The first-order valence-corrected chi connectivity index (χ1v) is 5.58. The Hall–Kier alpha value is -1.35. The first-order chi connectivity index (χ1) is 7.59.